The van der Waals surface area contributed by atoms with E-state index in [2.05, 4.69) is 15.2 Å². The lowest BCUT2D eigenvalue weighted by Gasteiger charge is -2.33. The van der Waals surface area contributed by atoms with Gasteiger partial charge in [0.1, 0.15) is 10.7 Å². The van der Waals surface area contributed by atoms with Gasteiger partial charge in [-0.2, -0.15) is 4.98 Å². The Labute approximate surface area is 208 Å². The van der Waals surface area contributed by atoms with E-state index in [1.54, 1.807) is 26.0 Å². The number of carbonyl (C=O) groups excluding carboxylic acids is 2. The molecule has 9 nitrogen and oxygen atoms in total. The van der Waals surface area contributed by atoms with Crippen LogP contribution >= 0.6 is 11.3 Å². The van der Waals surface area contributed by atoms with Crippen molar-refractivity contribution in [2.24, 2.45) is 5.92 Å². The summed E-state index contributed by atoms with van der Waals surface area (Å²) < 4.78 is 5.12. The fraction of sp³-hybridized carbons (Fsp3) is 0.400. The molecule has 0 radical (unpaired) electrons. The molecule has 35 heavy (non-hydrogen) atoms. The standard InChI is InChI=1S/C25H29N5O4S/c1-4-34-23(33)22-15(2)26-25(35-22)29-24-27-20(19-9-7-18(8-10-19)16(3)32)12-21(28-24)30-11-5-6-17(13-30)14-31/h7-10,12,17,31H,4-6,11,13-14H2,1-3H3,(H,26,27,28,29). The second-order valence-electron chi connectivity index (χ2n) is 8.48. The van der Waals surface area contributed by atoms with Crippen molar-refractivity contribution in [3.63, 3.8) is 0 Å². The van der Waals surface area contributed by atoms with Crippen LogP contribution in [-0.2, 0) is 4.74 Å². The molecule has 184 valence electrons. The molecule has 1 fully saturated rings. The predicted molar refractivity (Wildman–Crippen MR) is 136 cm³/mol. The number of aryl methyl sites for hydroxylation is 1. The average molecular weight is 496 g/mol. The molecule has 1 atom stereocenters. The molecule has 4 rings (SSSR count). The lowest BCUT2D eigenvalue weighted by Crippen LogP contribution is -2.37. The number of esters is 1. The number of hydrogen-bond acceptors (Lipinski definition) is 10. The van der Waals surface area contributed by atoms with E-state index in [9.17, 15) is 14.7 Å². The van der Waals surface area contributed by atoms with Crippen molar-refractivity contribution in [1.82, 2.24) is 15.0 Å². The molecule has 2 aromatic heterocycles. The van der Waals surface area contributed by atoms with Gasteiger partial charge in [-0.05, 0) is 39.5 Å². The van der Waals surface area contributed by atoms with Crippen LogP contribution in [0.25, 0.3) is 11.3 Å². The number of ether oxygens (including phenoxy) is 1. The number of aliphatic hydroxyl groups is 1. The number of benzene rings is 1. The van der Waals surface area contributed by atoms with Gasteiger partial charge in [-0.15, -0.1) is 0 Å². The molecule has 0 aliphatic carbocycles. The van der Waals surface area contributed by atoms with Crippen LogP contribution in [0.3, 0.4) is 0 Å². The molecule has 0 amide bonds. The first-order valence-electron chi connectivity index (χ1n) is 11.7. The Kier molecular flexibility index (Phi) is 7.72. The molecule has 2 N–H and O–H groups in total. The Morgan fingerprint density at radius 3 is 2.69 bits per heavy atom. The average Bonchev–Trinajstić information content (AvgIpc) is 3.23. The number of carbonyl (C=O) groups is 2. The summed E-state index contributed by atoms with van der Waals surface area (Å²) in [5, 5.41) is 13.3. The zero-order valence-electron chi connectivity index (χ0n) is 20.1. The number of aromatic nitrogens is 3. The van der Waals surface area contributed by atoms with Crippen molar-refractivity contribution in [3.8, 4) is 11.3 Å². The van der Waals surface area contributed by atoms with Crippen LogP contribution in [0.1, 0.15) is 52.4 Å². The number of ketones is 1. The summed E-state index contributed by atoms with van der Waals surface area (Å²) in [6, 6.07) is 9.22. The third-order valence-electron chi connectivity index (χ3n) is 5.88. The van der Waals surface area contributed by atoms with Gasteiger partial charge >= 0.3 is 5.97 Å². The van der Waals surface area contributed by atoms with Crippen molar-refractivity contribution in [1.29, 1.82) is 0 Å². The van der Waals surface area contributed by atoms with Gasteiger partial charge in [0.25, 0.3) is 0 Å². The van der Waals surface area contributed by atoms with E-state index in [0.29, 0.717) is 46.1 Å². The molecule has 3 heterocycles. The number of piperidine rings is 1. The highest BCUT2D eigenvalue weighted by Gasteiger charge is 2.22. The molecule has 3 aromatic rings. The van der Waals surface area contributed by atoms with Gasteiger partial charge in [0.15, 0.2) is 10.9 Å². The SMILES string of the molecule is CCOC(=O)c1sc(Nc2nc(-c3ccc(C(C)=O)cc3)cc(N3CCCC(CO)C3)n2)nc1C. The predicted octanol–water partition coefficient (Wildman–Crippen LogP) is 4.24. The second-order valence-corrected chi connectivity index (χ2v) is 9.48. The molecule has 1 aliphatic heterocycles. The first kappa shape index (κ1) is 24.7. The van der Waals surface area contributed by atoms with Crippen LogP contribution in [0.15, 0.2) is 30.3 Å². The normalized spacial score (nSPS) is 15.7. The Bertz CT molecular complexity index is 1210. The molecule has 0 spiro atoms. The topological polar surface area (TPSA) is 118 Å². The third kappa shape index (κ3) is 5.83. The minimum atomic E-state index is -0.403. The first-order chi connectivity index (χ1) is 16.9. The van der Waals surface area contributed by atoms with Gasteiger partial charge in [-0.25, -0.2) is 14.8 Å². The third-order valence-corrected chi connectivity index (χ3v) is 6.93. The number of aliphatic hydroxyl groups excluding tert-OH is 1. The Hall–Kier alpha value is -3.37. The van der Waals surface area contributed by atoms with Crippen LogP contribution in [0, 0.1) is 12.8 Å². The van der Waals surface area contributed by atoms with Gasteiger partial charge in [-0.3, -0.25) is 10.1 Å². The van der Waals surface area contributed by atoms with Crippen LogP contribution in [0.2, 0.25) is 0 Å². The summed E-state index contributed by atoms with van der Waals surface area (Å²) in [5.41, 5.74) is 2.75. The second kappa shape index (κ2) is 10.9. The maximum Gasteiger partial charge on any atom is 0.350 e. The number of Topliss-reactive ketones (excluding diaryl/α,β-unsaturated/α-hetero) is 1. The van der Waals surface area contributed by atoms with Gasteiger partial charge in [-0.1, -0.05) is 35.6 Å². The molecule has 0 saturated carbocycles. The smallest absolute Gasteiger partial charge is 0.350 e. The van der Waals surface area contributed by atoms with Gasteiger partial charge in [0.2, 0.25) is 5.95 Å². The molecular weight excluding hydrogens is 466 g/mol. The van der Waals surface area contributed by atoms with Crippen molar-refractivity contribution in [2.45, 2.75) is 33.6 Å². The number of anilines is 3. The summed E-state index contributed by atoms with van der Waals surface area (Å²) in [7, 11) is 0. The molecule has 10 heteroatoms. The van der Waals surface area contributed by atoms with E-state index >= 15 is 0 Å². The van der Waals surface area contributed by atoms with E-state index in [1.165, 1.54) is 18.3 Å². The highest BCUT2D eigenvalue weighted by molar-refractivity contribution is 7.17. The van der Waals surface area contributed by atoms with Gasteiger partial charge in [0.05, 0.1) is 18.0 Å². The molecule has 1 aliphatic rings. The maximum atomic E-state index is 12.2. The molecule has 1 unspecified atom stereocenters. The number of thiazole rings is 1. The van der Waals surface area contributed by atoms with Crippen LogP contribution in [-0.4, -0.2) is 58.1 Å². The highest BCUT2D eigenvalue weighted by Crippen LogP contribution is 2.30. The number of hydrogen-bond donors (Lipinski definition) is 2. The largest absolute Gasteiger partial charge is 0.462 e. The van der Waals surface area contributed by atoms with E-state index in [0.717, 1.165) is 30.8 Å². The summed E-state index contributed by atoms with van der Waals surface area (Å²) in [5.74, 6) is 0.887. The van der Waals surface area contributed by atoms with Crippen LogP contribution < -0.4 is 10.2 Å². The lowest BCUT2D eigenvalue weighted by molar-refractivity contribution is 0.0531. The minimum absolute atomic E-state index is 0.00203. The van der Waals surface area contributed by atoms with E-state index in [-0.39, 0.29) is 18.3 Å². The zero-order valence-corrected chi connectivity index (χ0v) is 20.9. The fourth-order valence-corrected chi connectivity index (χ4v) is 4.88. The van der Waals surface area contributed by atoms with Crippen molar-refractivity contribution in [3.05, 3.63) is 46.5 Å². The van der Waals surface area contributed by atoms with E-state index in [4.69, 9.17) is 14.7 Å². The summed E-state index contributed by atoms with van der Waals surface area (Å²) in [6.07, 6.45) is 1.95. The highest BCUT2D eigenvalue weighted by atomic mass is 32.1. The van der Waals surface area contributed by atoms with Gasteiger partial charge in [0, 0.05) is 36.9 Å². The number of nitrogens with one attached hydrogen (secondary N) is 1. The van der Waals surface area contributed by atoms with Crippen LogP contribution in [0.4, 0.5) is 16.9 Å². The van der Waals surface area contributed by atoms with Crippen molar-refractivity contribution < 1.29 is 19.4 Å². The molecule has 0 bridgehead atoms. The number of rotatable bonds is 8. The molecular formula is C25H29N5O4S. The van der Waals surface area contributed by atoms with E-state index in [1.807, 2.05) is 18.2 Å². The Morgan fingerprint density at radius 1 is 1.23 bits per heavy atom. The fourth-order valence-electron chi connectivity index (χ4n) is 4.03. The zero-order chi connectivity index (χ0) is 24.9. The van der Waals surface area contributed by atoms with Crippen molar-refractivity contribution >= 4 is 40.0 Å². The minimum Gasteiger partial charge on any atom is -0.462 e. The summed E-state index contributed by atoms with van der Waals surface area (Å²) in [6.45, 7) is 7.03. The summed E-state index contributed by atoms with van der Waals surface area (Å²) in [4.78, 5) is 40.4. The van der Waals surface area contributed by atoms with Crippen LogP contribution in [0.5, 0.6) is 0 Å². The Balaban J connectivity index is 1.69. The van der Waals surface area contributed by atoms with E-state index < -0.39 is 5.97 Å². The number of nitrogens with zero attached hydrogens (tertiary/aromatic N) is 4. The summed E-state index contributed by atoms with van der Waals surface area (Å²) >= 11 is 1.19. The maximum absolute atomic E-state index is 12.2. The Morgan fingerprint density at radius 2 is 2.00 bits per heavy atom. The quantitative estimate of drug-likeness (QED) is 0.349. The first-order valence-corrected chi connectivity index (χ1v) is 12.5. The molecule has 1 saturated heterocycles. The van der Waals surface area contributed by atoms with Crippen molar-refractivity contribution in [2.75, 3.05) is 36.5 Å². The monoisotopic (exact) mass is 495 g/mol. The molecule has 1 aromatic carbocycles. The van der Waals surface area contributed by atoms with Gasteiger partial charge < -0.3 is 14.7 Å². The lowest BCUT2D eigenvalue weighted by atomic mass is 9.99.